The predicted octanol–water partition coefficient (Wildman–Crippen LogP) is 3.07. The van der Waals surface area contributed by atoms with E-state index in [1.54, 1.807) is 13.3 Å². The quantitative estimate of drug-likeness (QED) is 0.742. The fourth-order valence-corrected chi connectivity index (χ4v) is 3.84. The normalized spacial score (nSPS) is 15.8. The molecule has 1 amide bonds. The average Bonchev–Trinajstić information content (AvgIpc) is 3.35. The van der Waals surface area contributed by atoms with Crippen LogP contribution in [0.3, 0.4) is 0 Å². The number of ether oxygens (including phenoxy) is 1. The molecule has 26 heavy (non-hydrogen) atoms. The second-order valence-electron chi connectivity index (χ2n) is 6.17. The molecule has 2 aromatic heterocycles. The van der Waals surface area contributed by atoms with Gasteiger partial charge in [-0.2, -0.15) is 4.98 Å². The van der Waals surface area contributed by atoms with Gasteiger partial charge in [-0.05, 0) is 37.0 Å². The Labute approximate surface area is 154 Å². The maximum Gasteiger partial charge on any atom is 0.263 e. The van der Waals surface area contributed by atoms with Gasteiger partial charge in [0.05, 0.1) is 17.2 Å². The standard InChI is InChI=1S/C18H18N4O3S/c1-10-19-8-15(26-10)18(23)20-14-6-4-11-7-12(3-5-13(11)14)17-21-16(9-24-2)25-22-17/h3,5,7-8,14H,4,6,9H2,1-2H3,(H,20,23)/t14-/m1/s1. The summed E-state index contributed by atoms with van der Waals surface area (Å²) in [4.78, 5) is 21.5. The summed E-state index contributed by atoms with van der Waals surface area (Å²) < 4.78 is 10.2. The zero-order valence-corrected chi connectivity index (χ0v) is 15.3. The number of aromatic nitrogens is 3. The van der Waals surface area contributed by atoms with Gasteiger partial charge < -0.3 is 14.6 Å². The van der Waals surface area contributed by atoms with Gasteiger partial charge in [0.15, 0.2) is 0 Å². The lowest BCUT2D eigenvalue weighted by Crippen LogP contribution is -2.26. The van der Waals surface area contributed by atoms with Crippen LogP contribution in [0.5, 0.6) is 0 Å². The summed E-state index contributed by atoms with van der Waals surface area (Å²) in [5.41, 5.74) is 3.25. The first-order valence-corrected chi connectivity index (χ1v) is 9.13. The Morgan fingerprint density at radius 2 is 2.35 bits per heavy atom. The van der Waals surface area contributed by atoms with Crippen molar-refractivity contribution in [2.24, 2.45) is 0 Å². The maximum absolute atomic E-state index is 12.4. The number of amides is 1. The molecule has 0 bridgehead atoms. The first kappa shape index (κ1) is 16.9. The third-order valence-corrected chi connectivity index (χ3v) is 5.28. The molecule has 1 aromatic carbocycles. The molecule has 1 N–H and O–H groups in total. The molecule has 7 nitrogen and oxygen atoms in total. The number of aryl methyl sites for hydroxylation is 2. The Hall–Kier alpha value is -2.58. The summed E-state index contributed by atoms with van der Waals surface area (Å²) in [5, 5.41) is 8.00. The topological polar surface area (TPSA) is 90.1 Å². The number of hydrogen-bond donors (Lipinski definition) is 1. The van der Waals surface area contributed by atoms with Gasteiger partial charge in [-0.3, -0.25) is 4.79 Å². The SMILES string of the molecule is COCc1nc(-c2ccc3c(c2)CC[C@H]3NC(=O)c2cnc(C)s2)no1. The van der Waals surface area contributed by atoms with Gasteiger partial charge in [0.25, 0.3) is 11.8 Å². The summed E-state index contributed by atoms with van der Waals surface area (Å²) in [6.45, 7) is 2.19. The molecule has 1 atom stereocenters. The van der Waals surface area contributed by atoms with E-state index < -0.39 is 0 Å². The minimum absolute atomic E-state index is 0.0169. The molecule has 1 aliphatic rings. The molecule has 1 aliphatic carbocycles. The Bertz CT molecular complexity index is 950. The van der Waals surface area contributed by atoms with Crippen LogP contribution >= 0.6 is 11.3 Å². The van der Waals surface area contributed by atoms with Crippen LogP contribution in [-0.2, 0) is 17.8 Å². The Morgan fingerprint density at radius 3 is 3.12 bits per heavy atom. The van der Waals surface area contributed by atoms with Gasteiger partial charge in [0, 0.05) is 12.7 Å². The Kier molecular flexibility index (Phi) is 4.52. The first-order chi connectivity index (χ1) is 12.6. The minimum atomic E-state index is -0.0695. The van der Waals surface area contributed by atoms with E-state index in [0.717, 1.165) is 29.0 Å². The minimum Gasteiger partial charge on any atom is -0.375 e. The highest BCUT2D eigenvalue weighted by atomic mass is 32.1. The van der Waals surface area contributed by atoms with E-state index in [9.17, 15) is 4.79 Å². The molecule has 0 unspecified atom stereocenters. The van der Waals surface area contributed by atoms with Crippen molar-refractivity contribution in [3.05, 3.63) is 51.3 Å². The van der Waals surface area contributed by atoms with Gasteiger partial charge in [0.1, 0.15) is 11.5 Å². The molecule has 0 aliphatic heterocycles. The second kappa shape index (κ2) is 6.97. The summed E-state index contributed by atoms with van der Waals surface area (Å²) in [7, 11) is 1.58. The lowest BCUT2D eigenvalue weighted by atomic mass is 10.0. The highest BCUT2D eigenvalue weighted by molar-refractivity contribution is 7.13. The Balaban J connectivity index is 1.51. The highest BCUT2D eigenvalue weighted by Crippen LogP contribution is 2.34. The van der Waals surface area contributed by atoms with Crippen LogP contribution in [0, 0.1) is 6.92 Å². The second-order valence-corrected chi connectivity index (χ2v) is 7.40. The van der Waals surface area contributed by atoms with Crippen molar-refractivity contribution >= 4 is 17.2 Å². The monoisotopic (exact) mass is 370 g/mol. The van der Waals surface area contributed by atoms with Crippen molar-refractivity contribution in [3.8, 4) is 11.4 Å². The molecule has 8 heteroatoms. The van der Waals surface area contributed by atoms with Crippen molar-refractivity contribution in [2.75, 3.05) is 7.11 Å². The fraction of sp³-hybridized carbons (Fsp3) is 0.333. The number of nitrogens with one attached hydrogen (secondary N) is 1. The molecule has 2 heterocycles. The number of benzene rings is 1. The number of fused-ring (bicyclic) bond motifs is 1. The summed E-state index contributed by atoms with van der Waals surface area (Å²) >= 11 is 1.41. The van der Waals surface area contributed by atoms with E-state index in [1.807, 2.05) is 19.1 Å². The van der Waals surface area contributed by atoms with Crippen LogP contribution < -0.4 is 5.32 Å². The molecule has 0 saturated heterocycles. The van der Waals surface area contributed by atoms with Crippen LogP contribution in [0.1, 0.15) is 44.2 Å². The third-order valence-electron chi connectivity index (χ3n) is 4.37. The smallest absolute Gasteiger partial charge is 0.263 e. The van der Waals surface area contributed by atoms with Crippen molar-refractivity contribution in [1.29, 1.82) is 0 Å². The Morgan fingerprint density at radius 1 is 1.46 bits per heavy atom. The zero-order valence-electron chi connectivity index (χ0n) is 14.5. The molecule has 134 valence electrons. The number of methoxy groups -OCH3 is 1. The van der Waals surface area contributed by atoms with Gasteiger partial charge in [-0.1, -0.05) is 17.3 Å². The van der Waals surface area contributed by atoms with Crippen molar-refractivity contribution in [3.63, 3.8) is 0 Å². The molecular formula is C18H18N4O3S. The summed E-state index contributed by atoms with van der Waals surface area (Å²) in [6, 6.07) is 6.08. The lowest BCUT2D eigenvalue weighted by Gasteiger charge is -2.13. The predicted molar refractivity (Wildman–Crippen MR) is 95.8 cm³/mol. The van der Waals surface area contributed by atoms with Crippen LogP contribution in [0.2, 0.25) is 0 Å². The number of thiazole rings is 1. The van der Waals surface area contributed by atoms with Gasteiger partial charge in [0.2, 0.25) is 5.82 Å². The molecule has 0 fully saturated rings. The maximum atomic E-state index is 12.4. The fourth-order valence-electron chi connectivity index (χ4n) is 3.16. The largest absolute Gasteiger partial charge is 0.375 e. The van der Waals surface area contributed by atoms with Crippen LogP contribution in [0.15, 0.2) is 28.9 Å². The van der Waals surface area contributed by atoms with E-state index in [1.165, 1.54) is 16.9 Å². The number of nitrogens with zero attached hydrogens (tertiary/aromatic N) is 3. The lowest BCUT2D eigenvalue weighted by molar-refractivity contribution is 0.0940. The summed E-state index contributed by atoms with van der Waals surface area (Å²) in [6.07, 6.45) is 3.41. The van der Waals surface area contributed by atoms with Crippen LogP contribution in [0.4, 0.5) is 0 Å². The van der Waals surface area contributed by atoms with Crippen molar-refractivity contribution < 1.29 is 14.1 Å². The van der Waals surface area contributed by atoms with E-state index in [2.05, 4.69) is 26.5 Å². The number of hydrogen-bond acceptors (Lipinski definition) is 7. The van der Waals surface area contributed by atoms with Crippen molar-refractivity contribution in [1.82, 2.24) is 20.4 Å². The van der Waals surface area contributed by atoms with Crippen LogP contribution in [-0.4, -0.2) is 28.1 Å². The van der Waals surface area contributed by atoms with Gasteiger partial charge in [-0.25, -0.2) is 4.98 Å². The van der Waals surface area contributed by atoms with Crippen LogP contribution in [0.25, 0.3) is 11.4 Å². The molecule has 3 aromatic rings. The number of carbonyl (C=O) groups is 1. The van der Waals surface area contributed by atoms with Crippen molar-refractivity contribution in [2.45, 2.75) is 32.4 Å². The molecule has 0 radical (unpaired) electrons. The molecular weight excluding hydrogens is 352 g/mol. The number of carbonyl (C=O) groups excluding carboxylic acids is 1. The van der Waals surface area contributed by atoms with Gasteiger partial charge >= 0.3 is 0 Å². The average molecular weight is 370 g/mol. The highest BCUT2D eigenvalue weighted by Gasteiger charge is 2.25. The first-order valence-electron chi connectivity index (χ1n) is 8.32. The molecule has 0 spiro atoms. The third kappa shape index (κ3) is 3.25. The van der Waals surface area contributed by atoms with E-state index in [0.29, 0.717) is 23.2 Å². The zero-order chi connectivity index (χ0) is 18.1. The van der Waals surface area contributed by atoms with E-state index in [-0.39, 0.29) is 11.9 Å². The number of rotatable bonds is 5. The molecule has 4 rings (SSSR count). The van der Waals surface area contributed by atoms with E-state index >= 15 is 0 Å². The summed E-state index contributed by atoms with van der Waals surface area (Å²) in [5.74, 6) is 0.931. The van der Waals surface area contributed by atoms with Gasteiger partial charge in [-0.15, -0.1) is 11.3 Å². The van der Waals surface area contributed by atoms with E-state index in [4.69, 9.17) is 9.26 Å². The molecule has 0 saturated carbocycles.